The first-order valence-electron chi connectivity index (χ1n) is 7.75. The largest absolute Gasteiger partial charge is 0.391 e. The summed E-state index contributed by atoms with van der Waals surface area (Å²) in [5.41, 5.74) is 2.19. The average molecular weight is 298 g/mol. The fraction of sp³-hybridized carbons (Fsp3) is 0.389. The average Bonchev–Trinajstić information content (AvgIpc) is 2.84. The predicted octanol–water partition coefficient (Wildman–Crippen LogP) is 2.42. The Labute approximate surface area is 130 Å². The van der Waals surface area contributed by atoms with Crippen molar-refractivity contribution in [3.63, 3.8) is 0 Å². The summed E-state index contributed by atoms with van der Waals surface area (Å²) in [4.78, 5) is 14.0. The van der Waals surface area contributed by atoms with Gasteiger partial charge in [-0.25, -0.2) is 0 Å². The number of aromatic nitrogens is 1. The molecule has 4 heteroatoms. The Morgan fingerprint density at radius 2 is 2.14 bits per heavy atom. The molecule has 1 fully saturated rings. The number of hydrogen-bond acceptors (Lipinski definition) is 2. The molecule has 0 aliphatic carbocycles. The molecular weight excluding hydrogens is 276 g/mol. The minimum Gasteiger partial charge on any atom is -0.391 e. The van der Waals surface area contributed by atoms with Crippen molar-refractivity contribution in [2.24, 2.45) is 13.0 Å². The van der Waals surface area contributed by atoms with E-state index in [1.807, 2.05) is 38.4 Å². The van der Waals surface area contributed by atoms with E-state index in [9.17, 15) is 9.90 Å². The van der Waals surface area contributed by atoms with E-state index in [0.717, 1.165) is 29.4 Å². The zero-order valence-electron chi connectivity index (χ0n) is 13.1. The Morgan fingerprint density at radius 1 is 1.36 bits per heavy atom. The van der Waals surface area contributed by atoms with Crippen molar-refractivity contribution in [2.75, 3.05) is 13.1 Å². The minimum absolute atomic E-state index is 0.0288. The molecule has 0 bridgehead atoms. The molecule has 1 aromatic carbocycles. The lowest BCUT2D eigenvalue weighted by molar-refractivity contribution is -0.130. The van der Waals surface area contributed by atoms with E-state index in [-0.39, 0.29) is 11.8 Å². The second-order valence-electron chi connectivity index (χ2n) is 6.16. The molecule has 0 spiro atoms. The Kier molecular flexibility index (Phi) is 4.03. The Morgan fingerprint density at radius 3 is 2.91 bits per heavy atom. The number of aliphatic hydroxyl groups excluding tert-OH is 1. The first-order chi connectivity index (χ1) is 10.6. The SMILES string of the molecule is CC1CCN(C(=O)/C=C/c2cn(C)c3ccccc23)CC1O. The van der Waals surface area contributed by atoms with Crippen molar-refractivity contribution in [3.8, 4) is 0 Å². The summed E-state index contributed by atoms with van der Waals surface area (Å²) in [6, 6.07) is 8.14. The van der Waals surface area contributed by atoms with Crippen molar-refractivity contribution in [2.45, 2.75) is 19.4 Å². The number of amides is 1. The Bertz CT molecular complexity index is 717. The highest BCUT2D eigenvalue weighted by Gasteiger charge is 2.26. The summed E-state index contributed by atoms with van der Waals surface area (Å²) in [7, 11) is 2.00. The number of fused-ring (bicyclic) bond motifs is 1. The van der Waals surface area contributed by atoms with Crippen molar-refractivity contribution in [1.82, 2.24) is 9.47 Å². The summed E-state index contributed by atoms with van der Waals surface area (Å²) >= 11 is 0. The van der Waals surface area contributed by atoms with Crippen molar-refractivity contribution in [3.05, 3.63) is 42.1 Å². The van der Waals surface area contributed by atoms with Gasteiger partial charge in [-0.2, -0.15) is 0 Å². The monoisotopic (exact) mass is 298 g/mol. The molecule has 3 rings (SSSR count). The molecule has 1 N–H and O–H groups in total. The zero-order chi connectivity index (χ0) is 15.7. The van der Waals surface area contributed by atoms with E-state index in [4.69, 9.17) is 0 Å². The molecule has 2 heterocycles. The molecule has 1 saturated heterocycles. The lowest BCUT2D eigenvalue weighted by atomic mass is 9.96. The molecule has 4 nitrogen and oxygen atoms in total. The number of aliphatic hydroxyl groups is 1. The fourth-order valence-corrected chi connectivity index (χ4v) is 3.02. The van der Waals surface area contributed by atoms with Crippen LogP contribution in [0.4, 0.5) is 0 Å². The van der Waals surface area contributed by atoms with Crippen LogP contribution in [0.15, 0.2) is 36.5 Å². The Hall–Kier alpha value is -2.07. The van der Waals surface area contributed by atoms with Gasteiger partial charge in [-0.3, -0.25) is 4.79 Å². The molecule has 116 valence electrons. The number of piperidine rings is 1. The van der Waals surface area contributed by atoms with Gasteiger partial charge in [-0.15, -0.1) is 0 Å². The molecule has 1 aliphatic rings. The normalized spacial score (nSPS) is 22.6. The van der Waals surface area contributed by atoms with E-state index in [2.05, 4.69) is 16.7 Å². The molecule has 1 amide bonds. The van der Waals surface area contributed by atoms with E-state index < -0.39 is 6.10 Å². The number of hydrogen-bond donors (Lipinski definition) is 1. The van der Waals surface area contributed by atoms with Gasteiger partial charge in [-0.1, -0.05) is 25.1 Å². The maximum absolute atomic E-state index is 12.3. The standard InChI is InChI=1S/C18H22N2O2/c1-13-9-10-20(12-17(13)21)18(22)8-7-14-11-19(2)16-6-4-3-5-15(14)16/h3-8,11,13,17,21H,9-10,12H2,1-2H3/b8-7+. The smallest absolute Gasteiger partial charge is 0.246 e. The number of likely N-dealkylation sites (tertiary alicyclic amines) is 1. The van der Waals surface area contributed by atoms with Gasteiger partial charge in [0.05, 0.1) is 6.10 Å². The first-order valence-corrected chi connectivity index (χ1v) is 7.75. The number of carbonyl (C=O) groups excluding carboxylic acids is 1. The molecule has 2 aromatic rings. The van der Waals surface area contributed by atoms with Crippen LogP contribution in [-0.4, -0.2) is 39.7 Å². The summed E-state index contributed by atoms with van der Waals surface area (Å²) in [6.07, 6.45) is 5.96. The van der Waals surface area contributed by atoms with Gasteiger partial charge in [0, 0.05) is 48.9 Å². The molecule has 2 unspecified atom stereocenters. The van der Waals surface area contributed by atoms with Crippen molar-refractivity contribution < 1.29 is 9.90 Å². The third-order valence-electron chi connectivity index (χ3n) is 4.56. The topological polar surface area (TPSA) is 45.5 Å². The van der Waals surface area contributed by atoms with Gasteiger partial charge in [-0.05, 0) is 24.5 Å². The molecular formula is C18H22N2O2. The summed E-state index contributed by atoms with van der Waals surface area (Å²) < 4.78 is 2.06. The van der Waals surface area contributed by atoms with Gasteiger partial charge in [0.15, 0.2) is 0 Å². The third kappa shape index (κ3) is 2.79. The lowest BCUT2D eigenvalue weighted by Gasteiger charge is -2.33. The van der Waals surface area contributed by atoms with Gasteiger partial charge in [0.2, 0.25) is 5.91 Å². The number of para-hydroxylation sites is 1. The van der Waals surface area contributed by atoms with Crippen LogP contribution in [0.1, 0.15) is 18.9 Å². The van der Waals surface area contributed by atoms with E-state index >= 15 is 0 Å². The van der Waals surface area contributed by atoms with Crippen molar-refractivity contribution >= 4 is 22.9 Å². The highest BCUT2D eigenvalue weighted by Crippen LogP contribution is 2.22. The number of aryl methyl sites for hydroxylation is 1. The minimum atomic E-state index is -0.413. The number of β-amino-alcohol motifs (C(OH)–C–C–N with tert-alkyl or cyclic N) is 1. The third-order valence-corrected chi connectivity index (χ3v) is 4.56. The highest BCUT2D eigenvalue weighted by atomic mass is 16.3. The number of carbonyl (C=O) groups is 1. The molecule has 1 aromatic heterocycles. The molecule has 22 heavy (non-hydrogen) atoms. The maximum atomic E-state index is 12.3. The number of benzene rings is 1. The maximum Gasteiger partial charge on any atom is 0.246 e. The molecule has 0 radical (unpaired) electrons. The van der Waals surface area contributed by atoms with E-state index in [0.29, 0.717) is 6.54 Å². The first kappa shape index (κ1) is 14.9. The van der Waals surface area contributed by atoms with E-state index in [1.165, 1.54) is 0 Å². The number of nitrogens with zero attached hydrogens (tertiary/aromatic N) is 2. The van der Waals surface area contributed by atoms with Crippen molar-refractivity contribution in [1.29, 1.82) is 0 Å². The fourth-order valence-electron chi connectivity index (χ4n) is 3.02. The quantitative estimate of drug-likeness (QED) is 0.866. The van der Waals surface area contributed by atoms with Crippen LogP contribution in [-0.2, 0) is 11.8 Å². The van der Waals surface area contributed by atoms with E-state index in [1.54, 1.807) is 11.0 Å². The van der Waals surface area contributed by atoms with Gasteiger partial charge < -0.3 is 14.6 Å². The molecule has 0 saturated carbocycles. The summed E-state index contributed by atoms with van der Waals surface area (Å²) in [6.45, 7) is 3.18. The van der Waals surface area contributed by atoms with Crippen LogP contribution in [0.5, 0.6) is 0 Å². The van der Waals surface area contributed by atoms with Gasteiger partial charge >= 0.3 is 0 Å². The van der Waals surface area contributed by atoms with Gasteiger partial charge in [0.25, 0.3) is 0 Å². The van der Waals surface area contributed by atoms with Crippen LogP contribution < -0.4 is 0 Å². The van der Waals surface area contributed by atoms with Gasteiger partial charge in [0.1, 0.15) is 0 Å². The van der Waals surface area contributed by atoms with Crippen LogP contribution >= 0.6 is 0 Å². The second kappa shape index (κ2) is 5.97. The molecule has 2 atom stereocenters. The summed E-state index contributed by atoms with van der Waals surface area (Å²) in [5.74, 6) is 0.241. The number of rotatable bonds is 2. The second-order valence-corrected chi connectivity index (χ2v) is 6.16. The predicted molar refractivity (Wildman–Crippen MR) is 88.3 cm³/mol. The molecule has 1 aliphatic heterocycles. The zero-order valence-corrected chi connectivity index (χ0v) is 13.1. The van der Waals surface area contributed by atoms with Crippen LogP contribution in [0.2, 0.25) is 0 Å². The Balaban J connectivity index is 1.77. The van der Waals surface area contributed by atoms with Crippen LogP contribution in [0.3, 0.4) is 0 Å². The van der Waals surface area contributed by atoms with Crippen LogP contribution in [0, 0.1) is 5.92 Å². The highest BCUT2D eigenvalue weighted by molar-refractivity contribution is 5.96. The van der Waals surface area contributed by atoms with Crippen LogP contribution in [0.25, 0.3) is 17.0 Å². The lowest BCUT2D eigenvalue weighted by Crippen LogP contribution is -2.45. The summed E-state index contributed by atoms with van der Waals surface area (Å²) in [5, 5.41) is 11.0.